The average Bonchev–Trinajstić information content (AvgIpc) is 3.79. The van der Waals surface area contributed by atoms with Gasteiger partial charge in [0.15, 0.2) is 5.78 Å². The van der Waals surface area contributed by atoms with Crippen molar-refractivity contribution >= 4 is 57.1 Å². The van der Waals surface area contributed by atoms with Crippen molar-refractivity contribution < 1.29 is 4.79 Å². The first-order chi connectivity index (χ1) is 21.4. The van der Waals surface area contributed by atoms with Crippen LogP contribution in [0.5, 0.6) is 0 Å². The van der Waals surface area contributed by atoms with E-state index in [1.807, 2.05) is 56.6 Å². The zero-order valence-electron chi connectivity index (χ0n) is 25.5. The Kier molecular flexibility index (Phi) is 9.70. The maximum absolute atomic E-state index is 13.2. The van der Waals surface area contributed by atoms with E-state index >= 15 is 0 Å². The Morgan fingerprint density at radius 2 is 1.61 bits per heavy atom. The molecule has 1 saturated carbocycles. The molecule has 2 N–H and O–H groups in total. The molecule has 0 radical (unpaired) electrons. The van der Waals surface area contributed by atoms with Crippen LogP contribution in [0.25, 0.3) is 10.9 Å². The molecule has 0 bridgehead atoms. The number of anilines is 3. The molecule has 2 aliphatic rings. The van der Waals surface area contributed by atoms with Crippen LogP contribution in [-0.4, -0.2) is 41.9 Å². The van der Waals surface area contributed by atoms with Crippen molar-refractivity contribution in [3.8, 4) is 0 Å². The van der Waals surface area contributed by atoms with Crippen molar-refractivity contribution in [1.29, 1.82) is 0 Å². The van der Waals surface area contributed by atoms with Crippen LogP contribution in [0, 0.1) is 11.8 Å². The van der Waals surface area contributed by atoms with E-state index in [9.17, 15) is 4.79 Å². The van der Waals surface area contributed by atoms with Gasteiger partial charge in [-0.25, -0.2) is 9.97 Å². The quantitative estimate of drug-likeness (QED) is 0.153. The molecule has 4 aromatic rings. The normalized spacial score (nSPS) is 21.3. The first-order valence-corrected chi connectivity index (χ1v) is 16.6. The second-order valence-corrected chi connectivity index (χ2v) is 13.5. The predicted octanol–water partition coefficient (Wildman–Crippen LogP) is 8.42. The summed E-state index contributed by atoms with van der Waals surface area (Å²) in [5.74, 6) is 3.67. The number of aryl methyl sites for hydroxylation is 1. The Hall–Kier alpha value is -3.19. The lowest BCUT2D eigenvalue weighted by Crippen LogP contribution is -2.19. The molecule has 6 nitrogen and oxygen atoms in total. The Balaban J connectivity index is 0.942. The highest BCUT2D eigenvalue weighted by molar-refractivity contribution is 6.39. The molecule has 44 heavy (non-hydrogen) atoms. The molecule has 3 aromatic carbocycles. The number of hydrogen-bond acceptors (Lipinski definition) is 6. The van der Waals surface area contributed by atoms with Gasteiger partial charge in [0.05, 0.1) is 27.3 Å². The number of nitrogens with one attached hydrogen (secondary N) is 2. The number of carbonyl (C=O) groups excluding carboxylic acids is 1. The summed E-state index contributed by atoms with van der Waals surface area (Å²) in [6, 6.07) is 21.8. The molecule has 1 saturated heterocycles. The van der Waals surface area contributed by atoms with Crippen molar-refractivity contribution in [3.63, 3.8) is 0 Å². The van der Waals surface area contributed by atoms with Gasteiger partial charge in [0, 0.05) is 44.1 Å². The fourth-order valence-electron chi connectivity index (χ4n) is 6.77. The van der Waals surface area contributed by atoms with Crippen LogP contribution in [0.3, 0.4) is 0 Å². The third-order valence-electron chi connectivity index (χ3n) is 9.26. The van der Waals surface area contributed by atoms with E-state index in [0.29, 0.717) is 34.1 Å². The summed E-state index contributed by atoms with van der Waals surface area (Å²) in [7, 11) is 4.09. The van der Waals surface area contributed by atoms with Gasteiger partial charge in [0.1, 0.15) is 11.6 Å². The first kappa shape index (κ1) is 30.8. The molecular formula is C36H41Cl2N5O. The highest BCUT2D eigenvalue weighted by Crippen LogP contribution is 2.37. The van der Waals surface area contributed by atoms with Crippen LogP contribution in [0.2, 0.25) is 10.0 Å². The van der Waals surface area contributed by atoms with E-state index in [1.165, 1.54) is 32.1 Å². The Labute approximate surface area is 270 Å². The lowest BCUT2D eigenvalue weighted by atomic mass is 9.78. The lowest BCUT2D eigenvalue weighted by Gasteiger charge is -2.28. The maximum Gasteiger partial charge on any atom is 0.155 e. The van der Waals surface area contributed by atoms with Crippen molar-refractivity contribution in [3.05, 3.63) is 88.2 Å². The minimum Gasteiger partial charge on any atom is -0.362 e. The molecule has 1 aliphatic carbocycles. The SMILES string of the molecule is CN(C)c1nc(CCCC2CCC(CC3NC3C(=O)Cc3ccccc3Nc3c(Cl)cccc3Cl)CC2)nc2ccccc12. The molecule has 2 heterocycles. The van der Waals surface area contributed by atoms with Gasteiger partial charge in [0.25, 0.3) is 0 Å². The van der Waals surface area contributed by atoms with Gasteiger partial charge < -0.3 is 15.5 Å². The van der Waals surface area contributed by atoms with E-state index in [-0.39, 0.29) is 11.8 Å². The van der Waals surface area contributed by atoms with Crippen molar-refractivity contribution in [2.24, 2.45) is 11.8 Å². The number of hydrogen-bond donors (Lipinski definition) is 2. The van der Waals surface area contributed by atoms with Gasteiger partial charge in [-0.2, -0.15) is 0 Å². The number of rotatable bonds is 12. The summed E-state index contributed by atoms with van der Waals surface area (Å²) >= 11 is 12.7. The van der Waals surface area contributed by atoms with E-state index in [0.717, 1.165) is 59.0 Å². The van der Waals surface area contributed by atoms with E-state index in [1.54, 1.807) is 12.1 Å². The molecule has 1 aromatic heterocycles. The minimum absolute atomic E-state index is 0.0429. The fraction of sp³-hybridized carbons (Fsp3) is 0.417. The van der Waals surface area contributed by atoms with Crippen LogP contribution in [0.15, 0.2) is 66.7 Å². The highest BCUT2D eigenvalue weighted by atomic mass is 35.5. The zero-order valence-corrected chi connectivity index (χ0v) is 27.0. The summed E-state index contributed by atoms with van der Waals surface area (Å²) < 4.78 is 0. The zero-order chi connectivity index (χ0) is 30.6. The molecule has 2 atom stereocenters. The van der Waals surface area contributed by atoms with Gasteiger partial charge in [-0.1, -0.05) is 91.7 Å². The van der Waals surface area contributed by atoms with Crippen LogP contribution in [-0.2, 0) is 17.6 Å². The standard InChI is InChI=1S/C36H41Cl2N5O/c1-43(2)36-26-11-4-6-15-30(26)39-33(42-36)16-7-9-23-17-19-24(20-18-23)21-31-35(41-31)32(44)22-25-10-3-5-14-29(25)40-34-27(37)12-8-13-28(34)38/h3-6,8,10-15,23-24,31,35,40-41H,7,9,16-22H2,1-2H3. The third-order valence-corrected chi connectivity index (χ3v) is 9.89. The molecule has 230 valence electrons. The van der Waals surface area contributed by atoms with Crippen molar-refractivity contribution in [2.75, 3.05) is 24.3 Å². The monoisotopic (exact) mass is 629 g/mol. The molecule has 2 fully saturated rings. The van der Waals surface area contributed by atoms with Crippen LogP contribution >= 0.6 is 23.2 Å². The number of fused-ring (bicyclic) bond motifs is 1. The molecule has 0 spiro atoms. The summed E-state index contributed by atoms with van der Waals surface area (Å²) in [6.45, 7) is 0. The average molecular weight is 631 g/mol. The Morgan fingerprint density at radius 1 is 0.909 bits per heavy atom. The molecular weight excluding hydrogens is 589 g/mol. The second-order valence-electron chi connectivity index (χ2n) is 12.7. The molecule has 8 heteroatoms. The summed E-state index contributed by atoms with van der Waals surface area (Å²) in [6.07, 6.45) is 9.82. The predicted molar refractivity (Wildman–Crippen MR) is 182 cm³/mol. The van der Waals surface area contributed by atoms with E-state index < -0.39 is 0 Å². The molecule has 2 unspecified atom stereocenters. The fourth-order valence-corrected chi connectivity index (χ4v) is 7.26. The molecule has 1 aliphatic heterocycles. The number of carbonyl (C=O) groups is 1. The van der Waals surface area contributed by atoms with Gasteiger partial charge in [0.2, 0.25) is 0 Å². The van der Waals surface area contributed by atoms with E-state index in [2.05, 4.69) is 27.7 Å². The number of ketones is 1. The van der Waals surface area contributed by atoms with Crippen LogP contribution in [0.1, 0.15) is 56.3 Å². The van der Waals surface area contributed by atoms with Gasteiger partial charge in [-0.05, 0) is 60.6 Å². The Morgan fingerprint density at radius 3 is 2.39 bits per heavy atom. The molecule has 0 amide bonds. The number of para-hydroxylation sites is 3. The number of benzene rings is 3. The van der Waals surface area contributed by atoms with Gasteiger partial charge in [-0.15, -0.1) is 0 Å². The number of halogens is 2. The maximum atomic E-state index is 13.2. The Bertz CT molecular complexity index is 1600. The number of aromatic nitrogens is 2. The van der Waals surface area contributed by atoms with Gasteiger partial charge >= 0.3 is 0 Å². The lowest BCUT2D eigenvalue weighted by molar-refractivity contribution is -0.118. The summed E-state index contributed by atoms with van der Waals surface area (Å²) in [5, 5.41) is 9.04. The largest absolute Gasteiger partial charge is 0.362 e. The first-order valence-electron chi connectivity index (χ1n) is 15.9. The van der Waals surface area contributed by atoms with Crippen molar-refractivity contribution in [1.82, 2.24) is 15.3 Å². The van der Waals surface area contributed by atoms with Crippen LogP contribution in [0.4, 0.5) is 17.2 Å². The smallest absolute Gasteiger partial charge is 0.155 e. The molecule has 6 rings (SSSR count). The number of Topliss-reactive ketones (excluding diaryl/α,β-unsaturated/α-hetero) is 1. The van der Waals surface area contributed by atoms with Crippen molar-refractivity contribution in [2.45, 2.75) is 69.9 Å². The summed E-state index contributed by atoms with van der Waals surface area (Å²) in [5.41, 5.74) is 3.49. The number of nitrogens with zero attached hydrogens (tertiary/aromatic N) is 3. The topological polar surface area (TPSA) is 80.1 Å². The van der Waals surface area contributed by atoms with Crippen LogP contribution < -0.4 is 15.5 Å². The summed E-state index contributed by atoms with van der Waals surface area (Å²) in [4.78, 5) is 25.0. The third kappa shape index (κ3) is 7.36. The minimum atomic E-state index is -0.0429. The second kappa shape index (κ2) is 13.8. The highest BCUT2D eigenvalue weighted by Gasteiger charge is 2.43. The van der Waals surface area contributed by atoms with Gasteiger partial charge in [-0.3, -0.25) is 4.79 Å². The van der Waals surface area contributed by atoms with E-state index in [4.69, 9.17) is 33.2 Å².